The predicted molar refractivity (Wildman–Crippen MR) is 80.7 cm³/mol. The zero-order valence-electron chi connectivity index (χ0n) is 12.2. The number of nitrogens with zero attached hydrogens (tertiary/aromatic N) is 4. The summed E-state index contributed by atoms with van der Waals surface area (Å²) in [5, 5.41) is 10.8. The molecule has 1 aliphatic heterocycles. The molecule has 22 heavy (non-hydrogen) atoms. The molecule has 0 N–H and O–H groups in total. The van der Waals surface area contributed by atoms with Crippen molar-refractivity contribution in [2.75, 3.05) is 11.4 Å². The van der Waals surface area contributed by atoms with Crippen LogP contribution in [0.25, 0.3) is 0 Å². The van der Waals surface area contributed by atoms with E-state index in [4.69, 9.17) is 0 Å². The molecule has 0 aliphatic carbocycles. The molecule has 0 saturated carbocycles. The van der Waals surface area contributed by atoms with Gasteiger partial charge in [0.1, 0.15) is 12.7 Å². The van der Waals surface area contributed by atoms with Crippen LogP contribution in [0.4, 0.5) is 11.5 Å². The van der Waals surface area contributed by atoms with E-state index < -0.39 is 4.92 Å². The van der Waals surface area contributed by atoms with Gasteiger partial charge in [-0.1, -0.05) is 18.2 Å². The minimum absolute atomic E-state index is 0.0566. The molecule has 1 aliphatic rings. The lowest BCUT2D eigenvalue weighted by molar-refractivity contribution is -0.389. The second kappa shape index (κ2) is 5.59. The standard InChI is InChI=1S/C15H16N4O3/c1-11-16-14(19(21)22)9-17(11)10-15(20)18-8-4-6-12-5-2-3-7-13(12)18/h2-3,5,7,9H,4,6,8,10H2,1H3. The highest BCUT2D eigenvalue weighted by atomic mass is 16.6. The Labute approximate surface area is 127 Å². The lowest BCUT2D eigenvalue weighted by Crippen LogP contribution is -2.37. The van der Waals surface area contributed by atoms with Crippen LogP contribution in [0.5, 0.6) is 0 Å². The van der Waals surface area contributed by atoms with E-state index in [1.807, 2.05) is 24.3 Å². The van der Waals surface area contributed by atoms with Gasteiger partial charge in [-0.3, -0.25) is 9.36 Å². The van der Waals surface area contributed by atoms with Crippen molar-refractivity contribution >= 4 is 17.4 Å². The van der Waals surface area contributed by atoms with Crippen molar-refractivity contribution in [2.24, 2.45) is 0 Å². The van der Waals surface area contributed by atoms with E-state index in [0.717, 1.165) is 24.1 Å². The molecule has 2 heterocycles. The summed E-state index contributed by atoms with van der Waals surface area (Å²) in [5.74, 6) is 0.150. The molecule has 114 valence electrons. The summed E-state index contributed by atoms with van der Waals surface area (Å²) in [6.45, 7) is 2.39. The maximum Gasteiger partial charge on any atom is 0.381 e. The molecular weight excluding hydrogens is 284 g/mol. The van der Waals surface area contributed by atoms with Gasteiger partial charge < -0.3 is 15.0 Å². The van der Waals surface area contributed by atoms with Crippen LogP contribution in [-0.4, -0.2) is 26.9 Å². The summed E-state index contributed by atoms with van der Waals surface area (Å²) in [7, 11) is 0. The molecule has 1 amide bonds. The Balaban J connectivity index is 1.83. The van der Waals surface area contributed by atoms with Crippen LogP contribution in [0.2, 0.25) is 0 Å². The van der Waals surface area contributed by atoms with Gasteiger partial charge in [0, 0.05) is 19.2 Å². The number of fused-ring (bicyclic) bond motifs is 1. The van der Waals surface area contributed by atoms with Crippen molar-refractivity contribution in [1.82, 2.24) is 9.55 Å². The van der Waals surface area contributed by atoms with E-state index >= 15 is 0 Å². The molecule has 1 aromatic heterocycles. The molecule has 7 nitrogen and oxygen atoms in total. The van der Waals surface area contributed by atoms with Crippen LogP contribution in [0, 0.1) is 17.0 Å². The number of nitro groups is 1. The third-order valence-electron chi connectivity index (χ3n) is 3.87. The average Bonchev–Trinajstić information content (AvgIpc) is 2.88. The van der Waals surface area contributed by atoms with Crippen LogP contribution in [0.1, 0.15) is 17.8 Å². The minimum Gasteiger partial charge on any atom is -0.358 e. The highest BCUT2D eigenvalue weighted by molar-refractivity contribution is 5.94. The molecule has 3 rings (SSSR count). The third-order valence-corrected chi connectivity index (χ3v) is 3.87. The number of anilines is 1. The first-order valence-corrected chi connectivity index (χ1v) is 7.12. The van der Waals surface area contributed by atoms with Crippen molar-refractivity contribution in [1.29, 1.82) is 0 Å². The normalized spacial score (nSPS) is 13.8. The van der Waals surface area contributed by atoms with E-state index in [-0.39, 0.29) is 18.3 Å². The second-order valence-corrected chi connectivity index (χ2v) is 5.31. The van der Waals surface area contributed by atoms with Crippen LogP contribution in [0.15, 0.2) is 30.5 Å². The Bertz CT molecular complexity index is 738. The van der Waals surface area contributed by atoms with Gasteiger partial charge in [-0.15, -0.1) is 0 Å². The lowest BCUT2D eigenvalue weighted by atomic mass is 10.0. The number of carbonyl (C=O) groups is 1. The van der Waals surface area contributed by atoms with Gasteiger partial charge in [0.25, 0.3) is 0 Å². The van der Waals surface area contributed by atoms with E-state index in [2.05, 4.69) is 4.98 Å². The van der Waals surface area contributed by atoms with Crippen molar-refractivity contribution in [3.8, 4) is 0 Å². The number of hydrogen-bond acceptors (Lipinski definition) is 4. The van der Waals surface area contributed by atoms with Gasteiger partial charge >= 0.3 is 5.82 Å². The maximum atomic E-state index is 12.6. The highest BCUT2D eigenvalue weighted by Crippen LogP contribution is 2.27. The summed E-state index contributed by atoms with van der Waals surface area (Å²) in [5.41, 5.74) is 2.10. The van der Waals surface area contributed by atoms with Gasteiger partial charge in [0.05, 0.1) is 0 Å². The number of carbonyl (C=O) groups excluding carboxylic acids is 1. The fraction of sp³-hybridized carbons (Fsp3) is 0.333. The first-order chi connectivity index (χ1) is 10.6. The molecule has 0 saturated heterocycles. The zero-order chi connectivity index (χ0) is 15.7. The van der Waals surface area contributed by atoms with E-state index in [0.29, 0.717) is 12.4 Å². The van der Waals surface area contributed by atoms with Gasteiger partial charge in [0.15, 0.2) is 0 Å². The SMILES string of the molecule is Cc1nc([N+](=O)[O-])cn1CC(=O)N1CCCc2ccccc21. The fourth-order valence-electron chi connectivity index (χ4n) is 2.76. The molecule has 0 radical (unpaired) electrons. The summed E-state index contributed by atoms with van der Waals surface area (Å²) >= 11 is 0. The number of imidazole rings is 1. The molecule has 1 aromatic carbocycles. The van der Waals surface area contributed by atoms with E-state index in [1.165, 1.54) is 10.8 Å². The summed E-state index contributed by atoms with van der Waals surface area (Å²) in [6, 6.07) is 7.85. The highest BCUT2D eigenvalue weighted by Gasteiger charge is 2.24. The lowest BCUT2D eigenvalue weighted by Gasteiger charge is -2.29. The number of hydrogen-bond donors (Lipinski definition) is 0. The van der Waals surface area contributed by atoms with Gasteiger partial charge in [-0.25, -0.2) is 0 Å². The molecular formula is C15H16N4O3. The first kappa shape index (κ1) is 14.2. The van der Waals surface area contributed by atoms with Crippen LogP contribution in [-0.2, 0) is 17.8 Å². The molecule has 2 aromatic rings. The second-order valence-electron chi connectivity index (χ2n) is 5.31. The Kier molecular flexibility index (Phi) is 3.62. The summed E-state index contributed by atoms with van der Waals surface area (Å²) in [6.07, 6.45) is 3.20. The molecule has 0 spiro atoms. The molecule has 7 heteroatoms. The molecule has 0 fully saturated rings. The molecule has 0 atom stereocenters. The largest absolute Gasteiger partial charge is 0.381 e. The topological polar surface area (TPSA) is 81.3 Å². The van der Waals surface area contributed by atoms with E-state index in [1.54, 1.807) is 11.8 Å². The van der Waals surface area contributed by atoms with Gasteiger partial charge in [-0.2, -0.15) is 0 Å². The average molecular weight is 300 g/mol. The quantitative estimate of drug-likeness (QED) is 0.642. The fourth-order valence-corrected chi connectivity index (χ4v) is 2.76. The van der Waals surface area contributed by atoms with Crippen molar-refractivity contribution in [3.63, 3.8) is 0 Å². The van der Waals surface area contributed by atoms with Crippen LogP contribution >= 0.6 is 0 Å². The van der Waals surface area contributed by atoms with Crippen molar-refractivity contribution in [3.05, 3.63) is 52.0 Å². The Morgan fingerprint density at radius 3 is 2.91 bits per heavy atom. The van der Waals surface area contributed by atoms with Crippen molar-refractivity contribution in [2.45, 2.75) is 26.3 Å². The number of amides is 1. The zero-order valence-corrected chi connectivity index (χ0v) is 12.2. The summed E-state index contributed by atoms with van der Waals surface area (Å²) < 4.78 is 1.53. The van der Waals surface area contributed by atoms with Gasteiger partial charge in [-0.05, 0) is 34.4 Å². The van der Waals surface area contributed by atoms with Gasteiger partial charge in [0.2, 0.25) is 11.7 Å². The minimum atomic E-state index is -0.551. The predicted octanol–water partition coefficient (Wildman–Crippen LogP) is 2.08. The van der Waals surface area contributed by atoms with Crippen LogP contribution in [0.3, 0.4) is 0 Å². The first-order valence-electron chi connectivity index (χ1n) is 7.12. The van der Waals surface area contributed by atoms with Crippen LogP contribution < -0.4 is 4.90 Å². The third kappa shape index (κ3) is 2.57. The van der Waals surface area contributed by atoms with Crippen molar-refractivity contribution < 1.29 is 9.72 Å². The number of para-hydroxylation sites is 1. The number of benzene rings is 1. The maximum absolute atomic E-state index is 12.6. The summed E-state index contributed by atoms with van der Waals surface area (Å²) in [4.78, 5) is 28.4. The van der Waals surface area contributed by atoms with E-state index in [9.17, 15) is 14.9 Å². The Hall–Kier alpha value is -2.70. The monoisotopic (exact) mass is 300 g/mol. The smallest absolute Gasteiger partial charge is 0.358 e. The Morgan fingerprint density at radius 1 is 1.41 bits per heavy atom. The molecule has 0 bridgehead atoms. The number of aromatic nitrogens is 2. The number of rotatable bonds is 3. The Morgan fingerprint density at radius 2 is 2.18 bits per heavy atom. The number of aryl methyl sites for hydroxylation is 2. The molecule has 0 unspecified atom stereocenters.